The van der Waals surface area contributed by atoms with E-state index >= 15 is 0 Å². The molecule has 0 radical (unpaired) electrons. The predicted octanol–water partition coefficient (Wildman–Crippen LogP) is 4.74. The number of nitrogens with zero attached hydrogens (tertiary/aromatic N) is 4. The maximum Gasteiger partial charge on any atom is 0.196 e. The fourth-order valence-corrected chi connectivity index (χ4v) is 5.06. The van der Waals surface area contributed by atoms with Crippen molar-refractivity contribution in [3.05, 3.63) is 74.4 Å². The highest BCUT2D eigenvalue weighted by molar-refractivity contribution is 6.29. The van der Waals surface area contributed by atoms with Gasteiger partial charge in [0.15, 0.2) is 17.1 Å². The number of hydrogen-bond donors (Lipinski definition) is 3. The van der Waals surface area contributed by atoms with Gasteiger partial charge in [0.2, 0.25) is 0 Å². The second-order valence-corrected chi connectivity index (χ2v) is 10.8. The Bertz CT molecular complexity index is 1680. The Morgan fingerprint density at radius 1 is 1.35 bits per heavy atom. The Hall–Kier alpha value is -3.93. The van der Waals surface area contributed by atoms with Gasteiger partial charge in [0.05, 0.1) is 42.0 Å². The molecule has 0 aliphatic carbocycles. The molecule has 1 aromatic carbocycles. The molecule has 1 aliphatic rings. The largest absolute Gasteiger partial charge is 0.455 e. The van der Waals surface area contributed by atoms with E-state index in [1.165, 1.54) is 0 Å². The third kappa shape index (κ3) is 5.40. The third-order valence-electron chi connectivity index (χ3n) is 6.80. The Morgan fingerprint density at radius 2 is 2.12 bits per heavy atom. The van der Waals surface area contributed by atoms with Gasteiger partial charge in [-0.3, -0.25) is 9.48 Å². The van der Waals surface area contributed by atoms with Gasteiger partial charge in [0.25, 0.3) is 0 Å². The van der Waals surface area contributed by atoms with E-state index in [2.05, 4.69) is 20.6 Å². The number of aromatic nitrogens is 3. The van der Waals surface area contributed by atoms with E-state index in [1.54, 1.807) is 29.9 Å². The molecule has 210 valence electrons. The van der Waals surface area contributed by atoms with Gasteiger partial charge in [0.1, 0.15) is 28.3 Å². The van der Waals surface area contributed by atoms with Gasteiger partial charge >= 0.3 is 0 Å². The second kappa shape index (κ2) is 10.6. The summed E-state index contributed by atoms with van der Waals surface area (Å²) < 4.78 is 19.8. The molecule has 1 fully saturated rings. The quantitative estimate of drug-likeness (QED) is 0.0947. The minimum atomic E-state index is -0.624. The van der Waals surface area contributed by atoms with Crippen molar-refractivity contribution in [2.24, 2.45) is 10.9 Å². The smallest absolute Gasteiger partial charge is 0.196 e. The van der Waals surface area contributed by atoms with Crippen LogP contribution < -0.4 is 16.5 Å². The number of rotatable bonds is 7. The average Bonchev–Trinajstić information content (AvgIpc) is 3.51. The summed E-state index contributed by atoms with van der Waals surface area (Å²) in [7, 11) is 0. The molecule has 12 heteroatoms. The molecule has 1 aliphatic heterocycles. The molecule has 0 spiro atoms. The van der Waals surface area contributed by atoms with Gasteiger partial charge in [0, 0.05) is 17.3 Å². The van der Waals surface area contributed by atoms with Crippen LogP contribution in [0.15, 0.2) is 51.0 Å². The lowest BCUT2D eigenvalue weighted by Crippen LogP contribution is -2.24. The van der Waals surface area contributed by atoms with E-state index < -0.39 is 5.79 Å². The molecule has 5 rings (SSSR count). The van der Waals surface area contributed by atoms with E-state index in [1.807, 2.05) is 46.0 Å². The van der Waals surface area contributed by atoms with Gasteiger partial charge in [-0.05, 0) is 58.4 Å². The monoisotopic (exact) mass is 566 g/mol. The number of benzene rings is 1. The molecule has 0 amide bonds. The Kier molecular flexibility index (Phi) is 7.30. The summed E-state index contributed by atoms with van der Waals surface area (Å²) in [6.45, 7) is 10.3. The number of nitrogens with one attached hydrogen (secondary N) is 1. The van der Waals surface area contributed by atoms with E-state index in [0.717, 1.165) is 11.1 Å². The fourth-order valence-electron chi connectivity index (χ4n) is 4.91. The SMILES string of the molecule is Cc1cc([C@@H](C)Nc2ccc(Cl)nc2/C(N)=N/O)c2oc(-c3cnn(CC4COC(C)(C)O4)c3)c(C)c(=O)c2c1. The first-order valence-electron chi connectivity index (χ1n) is 12.8. The Morgan fingerprint density at radius 3 is 2.83 bits per heavy atom. The van der Waals surface area contributed by atoms with Crippen molar-refractivity contribution in [2.75, 3.05) is 11.9 Å². The average molecular weight is 567 g/mol. The number of ether oxygens (including phenoxy) is 2. The number of oxime groups is 1. The number of nitrogens with two attached hydrogens (primary N) is 1. The maximum atomic E-state index is 13.6. The molecule has 3 aromatic heterocycles. The molecule has 1 saturated heterocycles. The second-order valence-electron chi connectivity index (χ2n) is 10.4. The first-order valence-corrected chi connectivity index (χ1v) is 13.2. The van der Waals surface area contributed by atoms with Crippen molar-refractivity contribution in [3.63, 3.8) is 0 Å². The van der Waals surface area contributed by atoms with Gasteiger partial charge < -0.3 is 30.1 Å². The zero-order valence-corrected chi connectivity index (χ0v) is 23.6. The van der Waals surface area contributed by atoms with Crippen molar-refractivity contribution < 1.29 is 19.1 Å². The number of pyridine rings is 1. The van der Waals surface area contributed by atoms with Gasteiger partial charge in [-0.2, -0.15) is 5.10 Å². The van der Waals surface area contributed by atoms with Crippen LogP contribution in [0.25, 0.3) is 22.3 Å². The molecular formula is C28H31ClN6O5. The van der Waals surface area contributed by atoms with Gasteiger partial charge in [-0.25, -0.2) is 4.98 Å². The lowest BCUT2D eigenvalue weighted by Gasteiger charge is -2.20. The van der Waals surface area contributed by atoms with E-state index in [4.69, 9.17) is 31.2 Å². The van der Waals surface area contributed by atoms with E-state index in [9.17, 15) is 10.0 Å². The van der Waals surface area contributed by atoms with Crippen LogP contribution in [0.1, 0.15) is 49.2 Å². The van der Waals surface area contributed by atoms with Crippen LogP contribution in [-0.4, -0.2) is 44.3 Å². The summed E-state index contributed by atoms with van der Waals surface area (Å²) in [5, 5.41) is 20.8. The van der Waals surface area contributed by atoms with Crippen molar-refractivity contribution in [2.45, 2.75) is 59.1 Å². The number of amidine groups is 1. The standard InChI is InChI=1S/C28H31ClN6O5/c1-14-8-19(16(3)32-21-6-7-22(29)33-23(21)27(30)34-37)26-20(9-14)24(36)15(2)25(39-26)17-10-31-35(11-17)12-18-13-38-28(4,5)40-18/h6-11,16,18,32,37H,12-13H2,1-5H3,(H2,30,34)/t16-,18?/m1/s1. The maximum absolute atomic E-state index is 13.6. The minimum Gasteiger partial charge on any atom is -0.455 e. The van der Waals surface area contributed by atoms with Crippen molar-refractivity contribution in [3.8, 4) is 11.3 Å². The molecule has 4 heterocycles. The van der Waals surface area contributed by atoms with Crippen LogP contribution in [0.3, 0.4) is 0 Å². The summed E-state index contributed by atoms with van der Waals surface area (Å²) in [5.41, 5.74) is 9.68. The van der Waals surface area contributed by atoms with Crippen LogP contribution in [0.4, 0.5) is 5.69 Å². The number of halogens is 1. The summed E-state index contributed by atoms with van der Waals surface area (Å²) in [6.07, 6.45) is 3.38. The van der Waals surface area contributed by atoms with Crippen molar-refractivity contribution >= 4 is 34.1 Å². The minimum absolute atomic E-state index is 0.124. The zero-order valence-electron chi connectivity index (χ0n) is 22.9. The molecule has 4 aromatic rings. The van der Waals surface area contributed by atoms with Crippen LogP contribution in [0, 0.1) is 13.8 Å². The molecule has 4 N–H and O–H groups in total. The normalized spacial score (nSPS) is 17.9. The summed E-state index contributed by atoms with van der Waals surface area (Å²) in [4.78, 5) is 17.7. The molecule has 2 atom stereocenters. The lowest BCUT2D eigenvalue weighted by atomic mass is 9.99. The summed E-state index contributed by atoms with van der Waals surface area (Å²) in [5.74, 6) is -0.373. The first-order chi connectivity index (χ1) is 19.0. The van der Waals surface area contributed by atoms with Crippen LogP contribution >= 0.6 is 11.6 Å². The molecule has 40 heavy (non-hydrogen) atoms. The fraction of sp³-hybridized carbons (Fsp3) is 0.357. The van der Waals surface area contributed by atoms with Crippen molar-refractivity contribution in [1.82, 2.24) is 14.8 Å². The highest BCUT2D eigenvalue weighted by Crippen LogP contribution is 2.33. The number of aryl methyl sites for hydroxylation is 1. The Labute approximate surface area is 235 Å². The van der Waals surface area contributed by atoms with Crippen LogP contribution in [-0.2, 0) is 16.0 Å². The number of hydrogen-bond acceptors (Lipinski definition) is 9. The third-order valence-corrected chi connectivity index (χ3v) is 7.01. The number of fused-ring (bicyclic) bond motifs is 1. The first kappa shape index (κ1) is 27.6. The topological polar surface area (TPSA) is 150 Å². The lowest BCUT2D eigenvalue weighted by molar-refractivity contribution is -0.139. The molecule has 0 saturated carbocycles. The molecule has 1 unspecified atom stereocenters. The van der Waals surface area contributed by atoms with E-state index in [0.29, 0.717) is 46.7 Å². The number of anilines is 1. The van der Waals surface area contributed by atoms with Crippen molar-refractivity contribution in [1.29, 1.82) is 0 Å². The van der Waals surface area contributed by atoms with Gasteiger partial charge in [-0.1, -0.05) is 22.8 Å². The zero-order chi connectivity index (χ0) is 28.8. The van der Waals surface area contributed by atoms with Gasteiger partial charge in [-0.15, -0.1) is 0 Å². The van der Waals surface area contributed by atoms with Crippen LogP contribution in [0.2, 0.25) is 5.15 Å². The predicted molar refractivity (Wildman–Crippen MR) is 152 cm³/mol. The highest BCUT2D eigenvalue weighted by atomic mass is 35.5. The molecular weight excluding hydrogens is 536 g/mol. The Balaban J connectivity index is 1.53. The van der Waals surface area contributed by atoms with E-state index in [-0.39, 0.29) is 34.3 Å². The molecule has 0 bridgehead atoms. The summed E-state index contributed by atoms with van der Waals surface area (Å²) in [6, 6.07) is 6.71. The van der Waals surface area contributed by atoms with Crippen LogP contribution in [0.5, 0.6) is 0 Å². The highest BCUT2D eigenvalue weighted by Gasteiger charge is 2.33. The summed E-state index contributed by atoms with van der Waals surface area (Å²) >= 11 is 6.04. The molecule has 11 nitrogen and oxygen atoms in total.